The summed E-state index contributed by atoms with van der Waals surface area (Å²) < 4.78 is 0. The fourth-order valence-electron chi connectivity index (χ4n) is 5.31. The molecule has 5 aromatic rings. The topological polar surface area (TPSA) is 38.7 Å². The van der Waals surface area contributed by atoms with Crippen LogP contribution in [0.5, 0.6) is 0 Å². The summed E-state index contributed by atoms with van der Waals surface area (Å²) in [6.07, 6.45) is 16.7. The Balaban J connectivity index is 1.65. The number of hydrogen-bond donors (Lipinski definition) is 0. The Labute approximate surface area is 298 Å². The van der Waals surface area contributed by atoms with Gasteiger partial charge in [-0.25, -0.2) is 9.97 Å². The number of anilines is 4. The highest BCUT2D eigenvalue weighted by molar-refractivity contribution is 5.82. The maximum absolute atomic E-state index is 5.26. The van der Waals surface area contributed by atoms with E-state index in [0.717, 1.165) is 67.8 Å². The summed E-state index contributed by atoms with van der Waals surface area (Å²) in [6, 6.07) is 33.9. The van der Waals surface area contributed by atoms with Crippen LogP contribution in [-0.4, -0.2) is 66.3 Å². The minimum Gasteiger partial charge on any atom is -0.378 e. The molecule has 0 spiro atoms. The number of rotatable bonds is 12. The molecule has 0 saturated carbocycles. The van der Waals surface area contributed by atoms with Crippen LogP contribution in [0.1, 0.15) is 45.0 Å². The molecule has 0 N–H and O–H groups in total. The first-order chi connectivity index (χ1) is 24.0. The molecule has 0 radical (unpaired) electrons. The van der Waals surface area contributed by atoms with Gasteiger partial charge in [-0.15, -0.1) is 0 Å². The minimum atomic E-state index is 0.786. The third-order valence-corrected chi connectivity index (χ3v) is 8.29. The molecule has 0 atom stereocenters. The molecule has 0 aliphatic heterocycles. The van der Waals surface area contributed by atoms with E-state index in [1.165, 1.54) is 0 Å². The van der Waals surface area contributed by atoms with Crippen molar-refractivity contribution in [2.45, 2.75) is 0 Å². The van der Waals surface area contributed by atoms with Crippen LogP contribution in [0, 0.1) is 0 Å². The third kappa shape index (κ3) is 9.60. The van der Waals surface area contributed by atoms with Crippen molar-refractivity contribution in [2.75, 3.05) is 76.0 Å². The lowest BCUT2D eigenvalue weighted by Crippen LogP contribution is -2.08. The van der Waals surface area contributed by atoms with E-state index in [9.17, 15) is 0 Å². The van der Waals surface area contributed by atoms with Crippen LogP contribution in [0.15, 0.2) is 97.1 Å². The summed E-state index contributed by atoms with van der Waals surface area (Å²) in [7, 11) is 16.4. The summed E-state index contributed by atoms with van der Waals surface area (Å²) in [5.41, 5.74) is 12.1. The molecule has 6 nitrogen and oxygen atoms in total. The Kier molecular flexibility index (Phi) is 11.7. The second kappa shape index (κ2) is 16.5. The quantitative estimate of drug-likeness (QED) is 0.133. The SMILES string of the molecule is CN(C)c1cccc(/C=C/c2nc(/C=C/c3cccc(N(C)C)c3)c(/C=C/c3cccc(N(C)C)c3)nc2/C=C/c2cccc(N(C)C)c2)c1. The normalized spacial score (nSPS) is 11.7. The van der Waals surface area contributed by atoms with E-state index in [-0.39, 0.29) is 0 Å². The largest absolute Gasteiger partial charge is 0.378 e. The highest BCUT2D eigenvalue weighted by Crippen LogP contribution is 2.24. The van der Waals surface area contributed by atoms with Gasteiger partial charge < -0.3 is 19.6 Å². The monoisotopic (exact) mass is 660 g/mol. The Hall–Kier alpha value is -5.88. The van der Waals surface area contributed by atoms with Crippen LogP contribution in [0.25, 0.3) is 48.6 Å². The van der Waals surface area contributed by atoms with E-state index < -0.39 is 0 Å². The van der Waals surface area contributed by atoms with Crippen molar-refractivity contribution in [3.8, 4) is 0 Å². The van der Waals surface area contributed by atoms with Crippen molar-refractivity contribution in [3.63, 3.8) is 0 Å². The molecule has 0 unspecified atom stereocenters. The van der Waals surface area contributed by atoms with Gasteiger partial charge in [-0.05, 0) is 95.1 Å². The molecule has 0 aliphatic carbocycles. The van der Waals surface area contributed by atoms with E-state index in [1.54, 1.807) is 0 Å². The first kappa shape index (κ1) is 35.4. The fourth-order valence-corrected chi connectivity index (χ4v) is 5.31. The second-order valence-electron chi connectivity index (χ2n) is 13.1. The predicted molar refractivity (Wildman–Crippen MR) is 221 cm³/mol. The molecule has 0 bridgehead atoms. The van der Waals surface area contributed by atoms with Crippen LogP contribution >= 0.6 is 0 Å². The Bertz CT molecular complexity index is 1740. The van der Waals surface area contributed by atoms with Crippen LogP contribution in [-0.2, 0) is 0 Å². The lowest BCUT2D eigenvalue weighted by molar-refractivity contribution is 1.12. The number of benzene rings is 4. The Morgan fingerprint density at radius 3 is 0.740 bits per heavy atom. The molecular weight excluding hydrogens is 613 g/mol. The highest BCUT2D eigenvalue weighted by Gasteiger charge is 2.09. The standard InChI is InChI=1S/C44H48N6/c1-47(2)37-17-9-13-33(29-37)21-25-41-42(26-22-34-14-10-18-38(30-34)48(3)4)46-44(28-24-36-16-12-20-40(32-36)50(7)8)43(45-41)27-23-35-15-11-19-39(31-35)49(5)6/h9-32H,1-8H3/b25-21+,26-22+,27-23+,28-24+. The van der Waals surface area contributed by atoms with E-state index in [1.807, 2.05) is 0 Å². The van der Waals surface area contributed by atoms with Crippen LogP contribution in [0.4, 0.5) is 22.7 Å². The van der Waals surface area contributed by atoms with Gasteiger partial charge in [0.25, 0.3) is 0 Å². The average molecular weight is 661 g/mol. The van der Waals surface area contributed by atoms with Gasteiger partial charge >= 0.3 is 0 Å². The van der Waals surface area contributed by atoms with Gasteiger partial charge in [0, 0.05) is 79.1 Å². The van der Waals surface area contributed by atoms with Gasteiger partial charge in [-0.3, -0.25) is 0 Å². The molecular formula is C44H48N6. The van der Waals surface area contributed by atoms with E-state index in [0.29, 0.717) is 0 Å². The zero-order chi connectivity index (χ0) is 35.6. The van der Waals surface area contributed by atoms with Crippen molar-refractivity contribution >= 4 is 71.4 Å². The summed E-state index contributed by atoms with van der Waals surface area (Å²) in [5, 5.41) is 0. The van der Waals surface area contributed by atoms with Crippen molar-refractivity contribution in [1.82, 2.24) is 9.97 Å². The van der Waals surface area contributed by atoms with Crippen LogP contribution < -0.4 is 19.6 Å². The van der Waals surface area contributed by atoms with E-state index >= 15 is 0 Å². The first-order valence-corrected chi connectivity index (χ1v) is 16.8. The zero-order valence-corrected chi connectivity index (χ0v) is 30.5. The Morgan fingerprint density at radius 2 is 0.540 bits per heavy atom. The minimum absolute atomic E-state index is 0.786. The number of hydrogen-bond acceptors (Lipinski definition) is 6. The van der Waals surface area contributed by atoms with E-state index in [4.69, 9.17) is 9.97 Å². The Morgan fingerprint density at radius 1 is 0.320 bits per heavy atom. The highest BCUT2D eigenvalue weighted by atomic mass is 15.1. The smallest absolute Gasteiger partial charge is 0.0894 e. The molecule has 4 aromatic carbocycles. The molecule has 6 heteroatoms. The maximum Gasteiger partial charge on any atom is 0.0894 e. The molecule has 0 fully saturated rings. The van der Waals surface area contributed by atoms with Gasteiger partial charge in [0.05, 0.1) is 22.8 Å². The summed E-state index contributed by atoms with van der Waals surface area (Å²) in [4.78, 5) is 18.9. The van der Waals surface area contributed by atoms with Gasteiger partial charge in [-0.1, -0.05) is 72.8 Å². The van der Waals surface area contributed by atoms with Crippen molar-refractivity contribution in [1.29, 1.82) is 0 Å². The molecule has 50 heavy (non-hydrogen) atoms. The summed E-state index contributed by atoms with van der Waals surface area (Å²) >= 11 is 0. The van der Waals surface area contributed by atoms with Crippen molar-refractivity contribution < 1.29 is 0 Å². The lowest BCUT2D eigenvalue weighted by atomic mass is 10.1. The first-order valence-electron chi connectivity index (χ1n) is 16.8. The molecule has 0 amide bonds. The molecule has 0 saturated heterocycles. The van der Waals surface area contributed by atoms with Gasteiger partial charge in [0.2, 0.25) is 0 Å². The average Bonchev–Trinajstić information content (AvgIpc) is 3.12. The van der Waals surface area contributed by atoms with Gasteiger partial charge in [-0.2, -0.15) is 0 Å². The van der Waals surface area contributed by atoms with Crippen LogP contribution in [0.2, 0.25) is 0 Å². The van der Waals surface area contributed by atoms with E-state index in [2.05, 4.69) is 222 Å². The van der Waals surface area contributed by atoms with Crippen molar-refractivity contribution in [2.24, 2.45) is 0 Å². The summed E-state index contributed by atoms with van der Waals surface area (Å²) in [6.45, 7) is 0. The van der Waals surface area contributed by atoms with Crippen molar-refractivity contribution in [3.05, 3.63) is 142 Å². The zero-order valence-electron chi connectivity index (χ0n) is 30.5. The van der Waals surface area contributed by atoms with Crippen LogP contribution in [0.3, 0.4) is 0 Å². The molecule has 5 rings (SSSR count). The lowest BCUT2D eigenvalue weighted by Gasteiger charge is -2.13. The summed E-state index contributed by atoms with van der Waals surface area (Å²) in [5.74, 6) is 0. The number of aromatic nitrogens is 2. The maximum atomic E-state index is 5.26. The molecule has 1 heterocycles. The number of nitrogens with zero attached hydrogens (tertiary/aromatic N) is 6. The predicted octanol–water partition coefficient (Wildman–Crippen LogP) is 9.42. The van der Waals surface area contributed by atoms with Gasteiger partial charge in [0.1, 0.15) is 0 Å². The third-order valence-electron chi connectivity index (χ3n) is 8.29. The molecule has 254 valence electrons. The van der Waals surface area contributed by atoms with Gasteiger partial charge in [0.15, 0.2) is 0 Å². The molecule has 1 aromatic heterocycles. The fraction of sp³-hybridized carbons (Fsp3) is 0.182. The molecule has 0 aliphatic rings. The second-order valence-corrected chi connectivity index (χ2v) is 13.1.